The Morgan fingerprint density at radius 1 is 0.284 bits per heavy atom. The molecule has 19 heteroatoms. The minimum absolute atomic E-state index is 0.0737. The highest BCUT2D eigenvalue weighted by Gasteiger charge is 2.30. The van der Waals surface area contributed by atoms with Crippen LogP contribution in [0.5, 0.6) is 0 Å². The number of carbonyl (C=O) groups excluding carboxylic acids is 4. The molecular formula is C83H142O17P2. The highest BCUT2D eigenvalue weighted by Crippen LogP contribution is 2.45. The molecule has 0 spiro atoms. The summed E-state index contributed by atoms with van der Waals surface area (Å²) >= 11 is 0. The van der Waals surface area contributed by atoms with Gasteiger partial charge in [-0.2, -0.15) is 0 Å². The molecule has 5 unspecified atom stereocenters. The predicted molar refractivity (Wildman–Crippen MR) is 418 cm³/mol. The number of carbonyl (C=O) groups is 4. The number of hydrogen-bond acceptors (Lipinski definition) is 15. The fraction of sp³-hybridized carbons (Fsp3) is 0.711. The molecule has 17 nitrogen and oxygen atoms in total. The number of esters is 4. The number of aliphatic hydroxyl groups excluding tert-OH is 1. The molecule has 0 aliphatic rings. The molecule has 0 aliphatic carbocycles. The molecule has 0 saturated heterocycles. The Morgan fingerprint density at radius 2 is 0.529 bits per heavy atom. The Balaban J connectivity index is 5.35. The zero-order chi connectivity index (χ0) is 74.6. The van der Waals surface area contributed by atoms with Crippen molar-refractivity contribution < 1.29 is 80.2 Å². The maximum Gasteiger partial charge on any atom is 0.472 e. The van der Waals surface area contributed by atoms with E-state index in [1.54, 1.807) is 0 Å². The van der Waals surface area contributed by atoms with E-state index in [-0.39, 0.29) is 25.7 Å². The lowest BCUT2D eigenvalue weighted by molar-refractivity contribution is -0.161. The summed E-state index contributed by atoms with van der Waals surface area (Å²) in [6.07, 6.45) is 81.7. The molecule has 0 aromatic carbocycles. The zero-order valence-electron chi connectivity index (χ0n) is 64.0. The summed E-state index contributed by atoms with van der Waals surface area (Å²) in [5.41, 5.74) is 0. The van der Waals surface area contributed by atoms with Crippen molar-refractivity contribution >= 4 is 39.5 Å². The van der Waals surface area contributed by atoms with Gasteiger partial charge in [0.2, 0.25) is 0 Å². The number of ether oxygens (including phenoxy) is 4. The maximum absolute atomic E-state index is 13.1. The minimum atomic E-state index is -4.99. The van der Waals surface area contributed by atoms with Crippen molar-refractivity contribution in [2.45, 2.75) is 341 Å². The standard InChI is InChI=1S/C83H142O17P2/c1-5-9-13-17-21-25-29-33-35-37-38-40-42-46-48-52-56-60-64-68-81(86)94-74-79(100-83(88)70-66-62-58-54-50-44-32-28-24-20-16-12-8-4)76-98-102(91,92)96-72-77(84)71-95-101(89,90)97-75-78(99-82(87)69-65-61-57-53-49-43-31-27-23-19-15-11-7-3)73-93-80(85)67-63-59-55-51-47-45-41-39-36-34-30-26-22-18-14-10-6-2/h10,14-16,19-22,25-28,31-36,38,40,77-79,84H,5-9,11-13,17-18,23-24,29-30,37,39,41-76H2,1-4H3,(H,89,90)(H,91,92)/b14-10-,19-15-,20-16-,25-21-,26-22-,31-27-,32-28-,35-33-,36-34-,40-38-. The second-order valence-corrected chi connectivity index (χ2v) is 29.2. The first-order valence-corrected chi connectivity index (χ1v) is 42.8. The van der Waals surface area contributed by atoms with Crippen molar-refractivity contribution in [3.8, 4) is 0 Å². The lowest BCUT2D eigenvalue weighted by Crippen LogP contribution is -2.30. The van der Waals surface area contributed by atoms with E-state index < -0.39 is 97.5 Å². The van der Waals surface area contributed by atoms with Gasteiger partial charge < -0.3 is 33.8 Å². The highest BCUT2D eigenvalue weighted by molar-refractivity contribution is 7.47. The number of hydrogen-bond donors (Lipinski definition) is 3. The summed E-state index contributed by atoms with van der Waals surface area (Å²) in [6.45, 7) is 4.57. The number of allylic oxidation sites excluding steroid dienone is 20. The molecule has 0 radical (unpaired) electrons. The van der Waals surface area contributed by atoms with E-state index in [1.165, 1.54) is 19.3 Å². The fourth-order valence-corrected chi connectivity index (χ4v) is 11.9. The number of phosphoric acid groups is 2. The summed E-state index contributed by atoms with van der Waals surface area (Å²) in [5.74, 6) is -2.22. The molecule has 0 aromatic rings. The third-order valence-electron chi connectivity index (χ3n) is 16.3. The third kappa shape index (κ3) is 73.8. The molecule has 102 heavy (non-hydrogen) atoms. The van der Waals surface area contributed by atoms with Crippen LogP contribution in [-0.2, 0) is 65.4 Å². The molecular weight excluding hydrogens is 1330 g/mol. The average molecular weight is 1470 g/mol. The predicted octanol–water partition coefficient (Wildman–Crippen LogP) is 23.1. The van der Waals surface area contributed by atoms with E-state index in [1.807, 2.05) is 0 Å². The third-order valence-corrected chi connectivity index (χ3v) is 18.2. The fourth-order valence-electron chi connectivity index (χ4n) is 10.3. The number of rotatable bonds is 74. The monoisotopic (exact) mass is 1470 g/mol. The second kappa shape index (κ2) is 74.7. The topological polar surface area (TPSA) is 237 Å². The average Bonchev–Trinajstić information content (AvgIpc) is 0.907. The molecule has 0 heterocycles. The van der Waals surface area contributed by atoms with Gasteiger partial charge in [0.15, 0.2) is 12.2 Å². The van der Waals surface area contributed by atoms with Gasteiger partial charge >= 0.3 is 39.5 Å². The van der Waals surface area contributed by atoms with Gasteiger partial charge in [0, 0.05) is 25.7 Å². The van der Waals surface area contributed by atoms with Crippen LogP contribution in [0.25, 0.3) is 0 Å². The zero-order valence-corrected chi connectivity index (χ0v) is 65.8. The Kier molecular flexibility index (Phi) is 71.4. The van der Waals surface area contributed by atoms with Crippen LogP contribution in [0.2, 0.25) is 0 Å². The second-order valence-electron chi connectivity index (χ2n) is 26.3. The lowest BCUT2D eigenvalue weighted by atomic mass is 10.1. The summed E-state index contributed by atoms with van der Waals surface area (Å²) in [5, 5.41) is 10.6. The van der Waals surface area contributed by atoms with Crippen molar-refractivity contribution in [2.75, 3.05) is 39.6 Å². The minimum Gasteiger partial charge on any atom is -0.462 e. The molecule has 586 valence electrons. The van der Waals surface area contributed by atoms with Gasteiger partial charge in [-0.1, -0.05) is 271 Å². The highest BCUT2D eigenvalue weighted by atomic mass is 31.2. The Labute approximate surface area is 619 Å². The smallest absolute Gasteiger partial charge is 0.462 e. The van der Waals surface area contributed by atoms with Crippen LogP contribution in [0.1, 0.15) is 323 Å². The van der Waals surface area contributed by atoms with Gasteiger partial charge in [-0.15, -0.1) is 0 Å². The SMILES string of the molecule is CC/C=C\C/C=C\C/C=C\CCCCCCCCCC(=O)OCC(COP(=O)(O)OCC(O)COP(=O)(O)OCC(COC(=O)CCCCCCCC/C=C\C/C=C\C/C=C\CCCCC)OC(=O)CCCCCCC/C=C\C/C=C\CCC)OC(=O)CCCCCCC/C=C\C/C=C\CCC. The van der Waals surface area contributed by atoms with Crippen LogP contribution >= 0.6 is 15.6 Å². The van der Waals surface area contributed by atoms with Gasteiger partial charge in [0.05, 0.1) is 26.4 Å². The first-order valence-electron chi connectivity index (χ1n) is 39.8. The molecule has 0 rings (SSSR count). The van der Waals surface area contributed by atoms with Crippen molar-refractivity contribution in [2.24, 2.45) is 0 Å². The molecule has 0 aliphatic heterocycles. The summed E-state index contributed by atoms with van der Waals surface area (Å²) in [4.78, 5) is 73.0. The van der Waals surface area contributed by atoms with Crippen molar-refractivity contribution in [3.63, 3.8) is 0 Å². The Bertz CT molecular complexity index is 2410. The molecule has 0 bridgehead atoms. The molecule has 0 saturated carbocycles. The van der Waals surface area contributed by atoms with Crippen LogP contribution in [-0.4, -0.2) is 96.7 Å². The first-order chi connectivity index (χ1) is 49.7. The van der Waals surface area contributed by atoms with E-state index in [0.29, 0.717) is 25.7 Å². The number of aliphatic hydroxyl groups is 1. The normalized spacial score (nSPS) is 14.5. The van der Waals surface area contributed by atoms with Crippen molar-refractivity contribution in [3.05, 3.63) is 122 Å². The first kappa shape index (κ1) is 97.5. The van der Waals surface area contributed by atoms with E-state index >= 15 is 0 Å². The largest absolute Gasteiger partial charge is 0.472 e. The van der Waals surface area contributed by atoms with Crippen LogP contribution in [0, 0.1) is 0 Å². The molecule has 0 fully saturated rings. The van der Waals surface area contributed by atoms with Gasteiger partial charge in [-0.25, -0.2) is 9.13 Å². The van der Waals surface area contributed by atoms with Gasteiger partial charge in [0.25, 0.3) is 0 Å². The Hall–Kier alpha value is -4.54. The quantitative estimate of drug-likeness (QED) is 0.0169. The summed E-state index contributed by atoms with van der Waals surface area (Å²) in [6, 6.07) is 0. The molecule has 5 atom stereocenters. The van der Waals surface area contributed by atoms with E-state index in [4.69, 9.17) is 37.0 Å². The Morgan fingerprint density at radius 3 is 0.824 bits per heavy atom. The maximum atomic E-state index is 13.1. The molecule has 3 N–H and O–H groups in total. The van der Waals surface area contributed by atoms with Crippen molar-refractivity contribution in [1.29, 1.82) is 0 Å². The van der Waals surface area contributed by atoms with E-state index in [2.05, 4.69) is 149 Å². The summed E-state index contributed by atoms with van der Waals surface area (Å²) in [7, 11) is -9.97. The van der Waals surface area contributed by atoms with Crippen LogP contribution in [0.15, 0.2) is 122 Å². The van der Waals surface area contributed by atoms with Crippen LogP contribution in [0.4, 0.5) is 0 Å². The van der Waals surface area contributed by atoms with Gasteiger partial charge in [-0.05, 0) is 148 Å². The van der Waals surface area contributed by atoms with Crippen LogP contribution in [0.3, 0.4) is 0 Å². The van der Waals surface area contributed by atoms with Crippen molar-refractivity contribution in [1.82, 2.24) is 0 Å². The van der Waals surface area contributed by atoms with E-state index in [0.717, 1.165) is 225 Å². The van der Waals surface area contributed by atoms with E-state index in [9.17, 15) is 43.2 Å². The summed E-state index contributed by atoms with van der Waals surface area (Å²) < 4.78 is 68.5. The number of phosphoric ester groups is 2. The molecule has 0 amide bonds. The van der Waals surface area contributed by atoms with Gasteiger partial charge in [0.1, 0.15) is 19.3 Å². The van der Waals surface area contributed by atoms with Crippen LogP contribution < -0.4 is 0 Å². The number of unbranched alkanes of at least 4 members (excludes halogenated alkanes) is 28. The lowest BCUT2D eigenvalue weighted by Gasteiger charge is -2.21. The molecule has 0 aromatic heterocycles. The van der Waals surface area contributed by atoms with Gasteiger partial charge in [-0.3, -0.25) is 37.3 Å².